The lowest BCUT2D eigenvalue weighted by atomic mass is 9.94. The molecule has 0 spiro atoms. The van der Waals surface area contributed by atoms with Gasteiger partial charge in [-0.2, -0.15) is 0 Å². The first kappa shape index (κ1) is 41.3. The van der Waals surface area contributed by atoms with Crippen LogP contribution in [0.4, 0.5) is 0 Å². The topological polar surface area (TPSA) is 172 Å². The molecule has 47 heavy (non-hydrogen) atoms. The van der Waals surface area contributed by atoms with Crippen LogP contribution in [-0.4, -0.2) is 121 Å². The largest absolute Gasteiger partial charge is 0.469 e. The van der Waals surface area contributed by atoms with Crippen molar-refractivity contribution in [3.05, 3.63) is 0 Å². The number of likely N-dealkylation sites (N-methyl/N-ethyl adjacent to an activating group) is 2. The van der Waals surface area contributed by atoms with E-state index >= 15 is 0 Å². The summed E-state index contributed by atoms with van der Waals surface area (Å²) in [5.41, 5.74) is 0. The number of hydrogen-bond donors (Lipinski definition) is 2. The van der Waals surface area contributed by atoms with Gasteiger partial charge < -0.3 is 34.8 Å². The second-order valence-corrected chi connectivity index (χ2v) is 13.2. The molecule has 0 aliphatic carbocycles. The van der Waals surface area contributed by atoms with Crippen LogP contribution >= 0.6 is 0 Å². The molecule has 14 nitrogen and oxygen atoms in total. The summed E-state index contributed by atoms with van der Waals surface area (Å²) in [5, 5.41) is 5.49. The highest BCUT2D eigenvalue weighted by Crippen LogP contribution is 2.24. The van der Waals surface area contributed by atoms with E-state index in [2.05, 4.69) is 15.4 Å². The Bertz CT molecular complexity index is 1130. The van der Waals surface area contributed by atoms with Crippen LogP contribution in [0.1, 0.15) is 87.5 Å². The fourth-order valence-electron chi connectivity index (χ4n) is 5.62. The van der Waals surface area contributed by atoms with Crippen LogP contribution in [0.2, 0.25) is 0 Å². The van der Waals surface area contributed by atoms with E-state index < -0.39 is 71.7 Å². The van der Waals surface area contributed by atoms with Crippen LogP contribution < -0.4 is 10.6 Å². The monoisotopic (exact) mass is 667 g/mol. The maximum atomic E-state index is 14.0. The van der Waals surface area contributed by atoms with Crippen molar-refractivity contribution >= 4 is 41.5 Å². The number of carbonyl (C=O) groups excluding carboxylic acids is 7. The van der Waals surface area contributed by atoms with Gasteiger partial charge in [0.15, 0.2) is 6.10 Å². The van der Waals surface area contributed by atoms with Gasteiger partial charge in [0.2, 0.25) is 23.6 Å². The lowest BCUT2D eigenvalue weighted by Gasteiger charge is -2.38. The lowest BCUT2D eigenvalue weighted by Crippen LogP contribution is -2.61. The minimum atomic E-state index is -1.01. The first-order valence-electron chi connectivity index (χ1n) is 16.5. The maximum absolute atomic E-state index is 14.0. The lowest BCUT2D eigenvalue weighted by molar-refractivity contribution is -0.161. The van der Waals surface area contributed by atoms with E-state index in [0.29, 0.717) is 32.2 Å². The zero-order chi connectivity index (χ0) is 36.2. The minimum absolute atomic E-state index is 0.0152. The van der Waals surface area contributed by atoms with Gasteiger partial charge in [-0.15, -0.1) is 0 Å². The number of carbonyl (C=O) groups is 7. The van der Waals surface area contributed by atoms with Gasteiger partial charge >= 0.3 is 11.9 Å². The number of nitrogens with zero attached hydrogens (tertiary/aromatic N) is 3. The molecule has 1 aliphatic heterocycles. The second kappa shape index (κ2) is 19.2. The highest BCUT2D eigenvalue weighted by molar-refractivity contribution is 5.96. The van der Waals surface area contributed by atoms with Crippen LogP contribution in [0.25, 0.3) is 0 Å². The fourth-order valence-corrected chi connectivity index (χ4v) is 5.62. The molecule has 14 heteroatoms. The Balaban J connectivity index is 3.17. The summed E-state index contributed by atoms with van der Waals surface area (Å²) in [6.45, 7) is 14.3. The van der Waals surface area contributed by atoms with Crippen molar-refractivity contribution in [2.45, 2.75) is 118 Å². The Morgan fingerprint density at radius 3 is 2.06 bits per heavy atom. The Morgan fingerprint density at radius 1 is 0.936 bits per heavy atom. The summed E-state index contributed by atoms with van der Waals surface area (Å²) < 4.78 is 9.90. The normalized spacial score (nSPS) is 17.6. The number of nitrogens with one attached hydrogen (secondary N) is 2. The van der Waals surface area contributed by atoms with E-state index in [1.165, 1.54) is 42.8 Å². The number of rotatable bonds is 17. The first-order chi connectivity index (χ1) is 21.9. The van der Waals surface area contributed by atoms with Gasteiger partial charge in [-0.25, -0.2) is 0 Å². The Labute approximate surface area is 279 Å². The van der Waals surface area contributed by atoms with Gasteiger partial charge in [-0.3, -0.25) is 33.6 Å². The third-order valence-corrected chi connectivity index (χ3v) is 8.70. The average Bonchev–Trinajstić information content (AvgIpc) is 3.50. The van der Waals surface area contributed by atoms with E-state index in [1.54, 1.807) is 20.8 Å². The third-order valence-electron chi connectivity index (χ3n) is 8.70. The van der Waals surface area contributed by atoms with E-state index in [9.17, 15) is 33.6 Å². The van der Waals surface area contributed by atoms with Crippen molar-refractivity contribution in [1.82, 2.24) is 25.3 Å². The Kier molecular flexibility index (Phi) is 16.9. The molecule has 0 bridgehead atoms. The quantitative estimate of drug-likeness (QED) is 0.218. The molecule has 0 radical (unpaired) electrons. The number of hydrogen-bond acceptors (Lipinski definition) is 9. The van der Waals surface area contributed by atoms with Crippen LogP contribution in [0.5, 0.6) is 0 Å². The molecular weight excluding hydrogens is 610 g/mol. The molecule has 6 atom stereocenters. The fraction of sp³-hybridized carbons (Fsp3) is 0.788. The van der Waals surface area contributed by atoms with Crippen molar-refractivity contribution in [3.63, 3.8) is 0 Å². The summed E-state index contributed by atoms with van der Waals surface area (Å²) in [4.78, 5) is 94.8. The zero-order valence-corrected chi connectivity index (χ0v) is 30.1. The predicted molar refractivity (Wildman–Crippen MR) is 174 cm³/mol. The minimum Gasteiger partial charge on any atom is -0.469 e. The van der Waals surface area contributed by atoms with E-state index in [0.717, 1.165) is 0 Å². The molecule has 0 saturated carbocycles. The highest BCUT2D eigenvalue weighted by Gasteiger charge is 2.42. The number of methoxy groups -OCH3 is 1. The molecule has 2 N–H and O–H groups in total. The van der Waals surface area contributed by atoms with Gasteiger partial charge in [0.25, 0.3) is 5.91 Å². The molecular formula is C33H57N5O9. The molecule has 0 aromatic rings. The number of ether oxygens (including phenoxy) is 2. The number of esters is 2. The van der Waals surface area contributed by atoms with Crippen LogP contribution in [0.15, 0.2) is 0 Å². The van der Waals surface area contributed by atoms with Crippen molar-refractivity contribution in [2.75, 3.05) is 34.3 Å². The molecule has 268 valence electrons. The van der Waals surface area contributed by atoms with Gasteiger partial charge in [0.1, 0.15) is 24.2 Å². The number of amides is 5. The van der Waals surface area contributed by atoms with Crippen molar-refractivity contribution in [3.8, 4) is 0 Å². The zero-order valence-electron chi connectivity index (χ0n) is 30.1. The standard InChI is InChI=1S/C33H57N5O9/c1-12-21(6)27(35-30(42)24-14-13-17-38(24)31(43)25(18-19(2)3)47-23(8)39)32(44)37(10)28(20(4)5)33(45)36(9)22(7)29(41)34-16-15-26(40)46-11/h19-22,24-25,27-28H,12-18H2,1-11H3,(H,34,41)(H,35,42)/t21?,22-,24-,25?,27-,28-/m0/s1. The summed E-state index contributed by atoms with van der Waals surface area (Å²) in [6.07, 6.45) is 0.800. The first-order valence-corrected chi connectivity index (χ1v) is 16.5. The third kappa shape index (κ3) is 11.8. The smallest absolute Gasteiger partial charge is 0.307 e. The molecule has 5 amide bonds. The van der Waals surface area contributed by atoms with Gasteiger partial charge in [0, 0.05) is 34.1 Å². The SMILES string of the molecule is CCC(C)[C@H](NC(=O)[C@@H]1CCCN1C(=O)C(CC(C)C)OC(C)=O)C(=O)N(C)[C@H](C(=O)N(C)[C@@H](C)C(=O)NCCC(=O)OC)C(C)C. The van der Waals surface area contributed by atoms with Crippen molar-refractivity contribution in [2.24, 2.45) is 17.8 Å². The average molecular weight is 668 g/mol. The van der Waals surface area contributed by atoms with E-state index in [-0.39, 0.29) is 30.7 Å². The second-order valence-electron chi connectivity index (χ2n) is 13.2. The molecule has 0 aromatic heterocycles. The Morgan fingerprint density at radius 2 is 1.55 bits per heavy atom. The van der Waals surface area contributed by atoms with E-state index in [1.807, 2.05) is 27.7 Å². The molecule has 0 aromatic carbocycles. The highest BCUT2D eigenvalue weighted by atomic mass is 16.5. The van der Waals surface area contributed by atoms with Crippen molar-refractivity contribution in [1.29, 1.82) is 0 Å². The molecule has 1 saturated heterocycles. The van der Waals surface area contributed by atoms with Crippen LogP contribution in [0.3, 0.4) is 0 Å². The molecule has 2 unspecified atom stereocenters. The van der Waals surface area contributed by atoms with Gasteiger partial charge in [-0.1, -0.05) is 48.0 Å². The van der Waals surface area contributed by atoms with Gasteiger partial charge in [-0.05, 0) is 43.9 Å². The number of likely N-dealkylation sites (tertiary alicyclic amines) is 1. The summed E-state index contributed by atoms with van der Waals surface area (Å²) in [7, 11) is 4.23. The summed E-state index contributed by atoms with van der Waals surface area (Å²) in [6, 6.07) is -3.68. The van der Waals surface area contributed by atoms with Gasteiger partial charge in [0.05, 0.1) is 13.5 Å². The van der Waals surface area contributed by atoms with E-state index in [4.69, 9.17) is 4.74 Å². The Hall–Kier alpha value is -3.71. The van der Waals surface area contributed by atoms with Crippen LogP contribution in [0, 0.1) is 17.8 Å². The summed E-state index contributed by atoms with van der Waals surface area (Å²) in [5.74, 6) is -3.97. The van der Waals surface area contributed by atoms with Crippen molar-refractivity contribution < 1.29 is 43.0 Å². The summed E-state index contributed by atoms with van der Waals surface area (Å²) >= 11 is 0. The van der Waals surface area contributed by atoms with Crippen LogP contribution in [-0.2, 0) is 43.0 Å². The molecule has 1 aliphatic rings. The molecule has 1 rings (SSSR count). The maximum Gasteiger partial charge on any atom is 0.307 e. The molecule has 1 heterocycles. The molecule has 1 fully saturated rings. The predicted octanol–water partition coefficient (Wildman–Crippen LogP) is 1.50.